The number of esters is 1. The lowest BCUT2D eigenvalue weighted by atomic mass is 10.2. The molecule has 1 atom stereocenters. The highest BCUT2D eigenvalue weighted by molar-refractivity contribution is 6.32. The van der Waals surface area contributed by atoms with Gasteiger partial charge in [0, 0.05) is 13.2 Å². The third kappa shape index (κ3) is 5.51. The normalized spacial score (nSPS) is 16.4. The Hall–Kier alpha value is -1.99. The van der Waals surface area contributed by atoms with E-state index in [4.69, 9.17) is 30.5 Å². The maximum atomic E-state index is 12.1. The van der Waals surface area contributed by atoms with Crippen molar-refractivity contribution in [2.75, 3.05) is 33.5 Å². The van der Waals surface area contributed by atoms with E-state index >= 15 is 0 Å². The van der Waals surface area contributed by atoms with E-state index < -0.39 is 5.97 Å². The Labute approximate surface area is 151 Å². The van der Waals surface area contributed by atoms with Crippen molar-refractivity contribution in [1.82, 2.24) is 5.32 Å². The largest absolute Gasteiger partial charge is 0.493 e. The van der Waals surface area contributed by atoms with Crippen LogP contribution in [0.3, 0.4) is 0 Å². The smallest absolute Gasteiger partial charge is 0.338 e. The van der Waals surface area contributed by atoms with Gasteiger partial charge in [0.1, 0.15) is 0 Å². The van der Waals surface area contributed by atoms with Crippen LogP contribution in [0.15, 0.2) is 12.1 Å². The average Bonchev–Trinajstić information content (AvgIpc) is 3.13. The molecule has 1 N–H and O–H groups in total. The zero-order valence-corrected chi connectivity index (χ0v) is 15.1. The van der Waals surface area contributed by atoms with E-state index in [9.17, 15) is 9.59 Å². The monoisotopic (exact) mass is 371 g/mol. The molecule has 1 heterocycles. The van der Waals surface area contributed by atoms with Crippen molar-refractivity contribution in [1.29, 1.82) is 0 Å². The summed E-state index contributed by atoms with van der Waals surface area (Å²) in [4.78, 5) is 23.9. The topological polar surface area (TPSA) is 83.1 Å². The zero-order valence-electron chi connectivity index (χ0n) is 14.3. The van der Waals surface area contributed by atoms with Crippen LogP contribution in [-0.2, 0) is 14.3 Å². The number of nitrogens with one attached hydrogen (secondary N) is 1. The van der Waals surface area contributed by atoms with Crippen molar-refractivity contribution < 1.29 is 28.5 Å². The second-order valence-corrected chi connectivity index (χ2v) is 5.84. The van der Waals surface area contributed by atoms with Crippen LogP contribution >= 0.6 is 11.6 Å². The Kier molecular flexibility index (Phi) is 7.33. The first-order chi connectivity index (χ1) is 12.0. The summed E-state index contributed by atoms with van der Waals surface area (Å²) in [7, 11) is 1.45. The summed E-state index contributed by atoms with van der Waals surface area (Å²) in [6.07, 6.45) is 1.95. The lowest BCUT2D eigenvalue weighted by Gasteiger charge is -2.13. The first-order valence-corrected chi connectivity index (χ1v) is 8.48. The second-order valence-electron chi connectivity index (χ2n) is 5.44. The minimum absolute atomic E-state index is 0.0360. The Balaban J connectivity index is 1.89. The van der Waals surface area contributed by atoms with Crippen molar-refractivity contribution in [2.45, 2.75) is 25.9 Å². The number of hydrogen-bond acceptors (Lipinski definition) is 6. The summed E-state index contributed by atoms with van der Waals surface area (Å²) in [5, 5.41) is 2.91. The fourth-order valence-electron chi connectivity index (χ4n) is 2.42. The molecule has 0 aliphatic carbocycles. The number of amides is 1. The first-order valence-electron chi connectivity index (χ1n) is 8.10. The van der Waals surface area contributed by atoms with E-state index in [1.54, 1.807) is 0 Å². The molecule has 1 aromatic rings. The van der Waals surface area contributed by atoms with Crippen LogP contribution in [0, 0.1) is 0 Å². The number of methoxy groups -OCH3 is 1. The van der Waals surface area contributed by atoms with Gasteiger partial charge in [0.05, 0.1) is 30.4 Å². The second kappa shape index (κ2) is 9.48. The fraction of sp³-hybridized carbons (Fsp3) is 0.529. The van der Waals surface area contributed by atoms with Crippen LogP contribution in [0.4, 0.5) is 0 Å². The number of ether oxygens (including phenoxy) is 4. The molecule has 138 valence electrons. The number of hydrogen-bond donors (Lipinski definition) is 1. The van der Waals surface area contributed by atoms with Gasteiger partial charge >= 0.3 is 5.97 Å². The molecule has 0 aromatic heterocycles. The van der Waals surface area contributed by atoms with Crippen molar-refractivity contribution >= 4 is 23.5 Å². The van der Waals surface area contributed by atoms with Gasteiger partial charge in [-0.05, 0) is 31.9 Å². The molecule has 1 aliphatic rings. The van der Waals surface area contributed by atoms with Gasteiger partial charge in [-0.3, -0.25) is 4.79 Å². The Morgan fingerprint density at radius 2 is 2.20 bits per heavy atom. The molecule has 1 saturated heterocycles. The van der Waals surface area contributed by atoms with Gasteiger partial charge in [0.25, 0.3) is 5.91 Å². The van der Waals surface area contributed by atoms with E-state index in [0.29, 0.717) is 24.7 Å². The number of rotatable bonds is 8. The van der Waals surface area contributed by atoms with Crippen LogP contribution in [-0.4, -0.2) is 51.5 Å². The summed E-state index contributed by atoms with van der Waals surface area (Å²) in [6, 6.07) is 2.88. The molecule has 1 aromatic carbocycles. The van der Waals surface area contributed by atoms with Gasteiger partial charge in [-0.1, -0.05) is 11.6 Å². The molecule has 0 radical (unpaired) electrons. The lowest BCUT2D eigenvalue weighted by Crippen LogP contribution is -2.34. The van der Waals surface area contributed by atoms with Gasteiger partial charge in [-0.25, -0.2) is 4.79 Å². The predicted octanol–water partition coefficient (Wildman–Crippen LogP) is 2.20. The minimum atomic E-state index is -0.671. The van der Waals surface area contributed by atoms with Gasteiger partial charge in [0.2, 0.25) is 0 Å². The summed E-state index contributed by atoms with van der Waals surface area (Å²) < 4.78 is 21.0. The van der Waals surface area contributed by atoms with Crippen molar-refractivity contribution in [3.63, 3.8) is 0 Å². The van der Waals surface area contributed by atoms with Crippen molar-refractivity contribution in [3.05, 3.63) is 22.7 Å². The molecule has 2 rings (SSSR count). The van der Waals surface area contributed by atoms with E-state index in [1.807, 2.05) is 6.92 Å². The number of halogens is 1. The Morgan fingerprint density at radius 3 is 2.84 bits per heavy atom. The quantitative estimate of drug-likeness (QED) is 0.705. The lowest BCUT2D eigenvalue weighted by molar-refractivity contribution is -0.124. The maximum Gasteiger partial charge on any atom is 0.338 e. The summed E-state index contributed by atoms with van der Waals surface area (Å²) >= 11 is 6.12. The predicted molar refractivity (Wildman–Crippen MR) is 91.4 cm³/mol. The van der Waals surface area contributed by atoms with E-state index in [-0.39, 0.29) is 29.2 Å². The van der Waals surface area contributed by atoms with Crippen LogP contribution in [0.5, 0.6) is 11.5 Å². The number of benzene rings is 1. The first kappa shape index (κ1) is 19.3. The average molecular weight is 372 g/mol. The minimum Gasteiger partial charge on any atom is -0.493 e. The fourth-order valence-corrected chi connectivity index (χ4v) is 2.69. The van der Waals surface area contributed by atoms with Gasteiger partial charge in [-0.15, -0.1) is 0 Å². The van der Waals surface area contributed by atoms with Gasteiger partial charge in [-0.2, -0.15) is 0 Å². The van der Waals surface area contributed by atoms with Crippen LogP contribution in [0.1, 0.15) is 30.1 Å². The molecule has 0 spiro atoms. The van der Waals surface area contributed by atoms with Crippen LogP contribution in [0.2, 0.25) is 5.02 Å². The van der Waals surface area contributed by atoms with Crippen molar-refractivity contribution in [2.24, 2.45) is 0 Å². The number of carbonyl (C=O) groups excluding carboxylic acids is 2. The summed E-state index contributed by atoms with van der Waals surface area (Å²) in [5.41, 5.74) is 0.178. The molecular formula is C17H22ClNO6. The Morgan fingerprint density at radius 1 is 1.40 bits per heavy atom. The summed E-state index contributed by atoms with van der Waals surface area (Å²) in [5.74, 6) is -0.370. The van der Waals surface area contributed by atoms with Crippen LogP contribution < -0.4 is 14.8 Å². The molecular weight excluding hydrogens is 350 g/mol. The maximum absolute atomic E-state index is 12.1. The molecule has 0 saturated carbocycles. The van der Waals surface area contributed by atoms with E-state index in [2.05, 4.69) is 5.32 Å². The van der Waals surface area contributed by atoms with Gasteiger partial charge in [0.15, 0.2) is 18.1 Å². The molecule has 1 aliphatic heterocycles. The molecule has 1 fully saturated rings. The van der Waals surface area contributed by atoms with Gasteiger partial charge < -0.3 is 24.3 Å². The molecule has 7 nitrogen and oxygen atoms in total. The van der Waals surface area contributed by atoms with E-state index in [0.717, 1.165) is 19.4 Å². The highest BCUT2D eigenvalue weighted by Gasteiger charge is 2.19. The number of carbonyl (C=O) groups is 2. The SMILES string of the molecule is CCOc1c(Cl)cc(C(=O)OCC(=O)NC[C@@H]2CCCO2)cc1OC. The molecule has 1 amide bonds. The molecule has 0 bridgehead atoms. The summed E-state index contributed by atoms with van der Waals surface area (Å²) in [6.45, 7) is 2.98. The van der Waals surface area contributed by atoms with Crippen LogP contribution in [0.25, 0.3) is 0 Å². The van der Waals surface area contributed by atoms with E-state index in [1.165, 1.54) is 19.2 Å². The molecule has 0 unspecified atom stereocenters. The molecule has 25 heavy (non-hydrogen) atoms. The van der Waals surface area contributed by atoms with Crippen molar-refractivity contribution in [3.8, 4) is 11.5 Å². The third-order valence-electron chi connectivity index (χ3n) is 3.64. The highest BCUT2D eigenvalue weighted by Crippen LogP contribution is 2.36. The molecule has 8 heteroatoms. The third-order valence-corrected chi connectivity index (χ3v) is 3.92. The standard InChI is InChI=1S/C17H22ClNO6/c1-3-23-16-13(18)7-11(8-14(16)22-2)17(21)25-10-15(20)19-9-12-5-4-6-24-12/h7-8,12H,3-6,9-10H2,1-2H3,(H,19,20)/t12-/m0/s1. The zero-order chi connectivity index (χ0) is 18.2. The highest BCUT2D eigenvalue weighted by atomic mass is 35.5. The Bertz CT molecular complexity index is 615.